The molecule has 0 atom stereocenters. The molecule has 0 aliphatic rings. The van der Waals surface area contributed by atoms with E-state index in [9.17, 15) is 17.6 Å². The van der Waals surface area contributed by atoms with Gasteiger partial charge in [-0.25, -0.2) is 4.39 Å². The second kappa shape index (κ2) is 7.87. The van der Waals surface area contributed by atoms with Crippen molar-refractivity contribution in [2.45, 2.75) is 19.9 Å². The third-order valence-electron chi connectivity index (χ3n) is 2.95. The summed E-state index contributed by atoms with van der Waals surface area (Å²) in [6, 6.07) is 4.06. The molecule has 0 bridgehead atoms. The summed E-state index contributed by atoms with van der Waals surface area (Å²) in [7, 11) is -2.78. The molecule has 6 nitrogen and oxygen atoms in total. The lowest BCUT2D eigenvalue weighted by molar-refractivity contribution is -0.137. The highest BCUT2D eigenvalue weighted by molar-refractivity contribution is 7.86. The van der Waals surface area contributed by atoms with E-state index in [0.717, 1.165) is 8.61 Å². The molecule has 0 radical (unpaired) electrons. The monoisotopic (exact) mass is 352 g/mol. The van der Waals surface area contributed by atoms with Crippen LogP contribution >= 0.6 is 11.6 Å². The summed E-state index contributed by atoms with van der Waals surface area (Å²) < 4.78 is 40.3. The fourth-order valence-corrected chi connectivity index (χ4v) is 3.46. The lowest BCUT2D eigenvalue weighted by atomic mass is 10.2. The van der Waals surface area contributed by atoms with Crippen molar-refractivity contribution in [2.24, 2.45) is 0 Å². The van der Waals surface area contributed by atoms with Crippen LogP contribution in [0.2, 0.25) is 5.02 Å². The van der Waals surface area contributed by atoms with Crippen LogP contribution in [0.1, 0.15) is 18.9 Å². The Bertz CT molecular complexity index is 619. The zero-order valence-electron chi connectivity index (χ0n) is 12.3. The van der Waals surface area contributed by atoms with Crippen molar-refractivity contribution < 1.29 is 22.7 Å². The predicted octanol–water partition coefficient (Wildman–Crippen LogP) is 1.95. The fourth-order valence-electron chi connectivity index (χ4n) is 1.86. The number of hydrogen-bond acceptors (Lipinski definition) is 3. The van der Waals surface area contributed by atoms with Gasteiger partial charge in [-0.15, -0.1) is 0 Å². The van der Waals surface area contributed by atoms with Crippen LogP contribution in [0.4, 0.5) is 4.39 Å². The van der Waals surface area contributed by atoms with Crippen LogP contribution in [-0.4, -0.2) is 48.2 Å². The standard InChI is InChI=1S/C13H18ClFN2O4S/c1-3-7-17(9-13(18)19)22(20,21)16(2)8-10-11(14)5-4-6-12(10)15/h4-6H,3,7-9H2,1-2H3,(H,18,19). The Morgan fingerprint density at radius 1 is 1.41 bits per heavy atom. The molecule has 0 saturated carbocycles. The largest absolute Gasteiger partial charge is 0.480 e. The smallest absolute Gasteiger partial charge is 0.318 e. The minimum atomic E-state index is -4.03. The Kier molecular flexibility index (Phi) is 6.73. The number of rotatable bonds is 8. The van der Waals surface area contributed by atoms with Crippen LogP contribution in [0, 0.1) is 5.82 Å². The summed E-state index contributed by atoms with van der Waals surface area (Å²) in [4.78, 5) is 10.8. The van der Waals surface area contributed by atoms with Gasteiger partial charge < -0.3 is 5.11 Å². The molecule has 1 rings (SSSR count). The number of aliphatic carboxylic acids is 1. The van der Waals surface area contributed by atoms with Crippen LogP contribution in [-0.2, 0) is 21.5 Å². The molecule has 0 heterocycles. The zero-order valence-corrected chi connectivity index (χ0v) is 13.9. The lowest BCUT2D eigenvalue weighted by Crippen LogP contribution is -2.44. The Morgan fingerprint density at radius 2 is 2.05 bits per heavy atom. The maximum absolute atomic E-state index is 13.7. The van der Waals surface area contributed by atoms with E-state index in [-0.39, 0.29) is 23.7 Å². The van der Waals surface area contributed by atoms with Gasteiger partial charge in [-0.2, -0.15) is 17.0 Å². The van der Waals surface area contributed by atoms with Crippen molar-refractivity contribution in [3.63, 3.8) is 0 Å². The third-order valence-corrected chi connectivity index (χ3v) is 5.18. The maximum atomic E-state index is 13.7. The fraction of sp³-hybridized carbons (Fsp3) is 0.462. The molecule has 1 N–H and O–H groups in total. The highest BCUT2D eigenvalue weighted by atomic mass is 35.5. The number of halogens is 2. The number of carboxylic acids is 1. The van der Waals surface area contributed by atoms with Gasteiger partial charge in [-0.3, -0.25) is 4.79 Å². The molecule has 1 aromatic rings. The van der Waals surface area contributed by atoms with E-state index < -0.39 is 28.5 Å². The van der Waals surface area contributed by atoms with E-state index in [2.05, 4.69) is 0 Å². The molecular formula is C13H18ClFN2O4S. The van der Waals surface area contributed by atoms with Gasteiger partial charge in [0.15, 0.2) is 0 Å². The van der Waals surface area contributed by atoms with Crippen molar-refractivity contribution in [3.05, 3.63) is 34.6 Å². The summed E-state index contributed by atoms with van der Waals surface area (Å²) in [6.45, 7) is 0.862. The first-order chi connectivity index (χ1) is 10.2. The van der Waals surface area contributed by atoms with E-state index in [1.54, 1.807) is 6.92 Å². The molecule has 0 unspecified atom stereocenters. The highest BCUT2D eigenvalue weighted by Crippen LogP contribution is 2.22. The molecule has 0 fully saturated rings. The Morgan fingerprint density at radius 3 is 2.55 bits per heavy atom. The topological polar surface area (TPSA) is 77.9 Å². The predicted molar refractivity (Wildman–Crippen MR) is 81.3 cm³/mol. The minimum Gasteiger partial charge on any atom is -0.480 e. The number of carboxylic acid groups (broad SMARTS) is 1. The van der Waals surface area contributed by atoms with Gasteiger partial charge in [0.1, 0.15) is 12.4 Å². The van der Waals surface area contributed by atoms with Gasteiger partial charge in [0.05, 0.1) is 0 Å². The summed E-state index contributed by atoms with van der Waals surface area (Å²) in [5, 5.41) is 8.94. The van der Waals surface area contributed by atoms with Crippen LogP contribution in [0.5, 0.6) is 0 Å². The van der Waals surface area contributed by atoms with E-state index in [4.69, 9.17) is 16.7 Å². The molecule has 1 aromatic carbocycles. The summed E-state index contributed by atoms with van der Waals surface area (Å²) in [5.74, 6) is -1.87. The number of hydrogen-bond donors (Lipinski definition) is 1. The molecule has 0 saturated heterocycles. The number of nitrogens with zero attached hydrogens (tertiary/aromatic N) is 2. The first kappa shape index (κ1) is 18.8. The quantitative estimate of drug-likeness (QED) is 0.775. The molecule has 0 spiro atoms. The van der Waals surface area contributed by atoms with Crippen LogP contribution < -0.4 is 0 Å². The van der Waals surface area contributed by atoms with Gasteiger partial charge in [0, 0.05) is 30.7 Å². The van der Waals surface area contributed by atoms with Crippen LogP contribution in [0.25, 0.3) is 0 Å². The lowest BCUT2D eigenvalue weighted by Gasteiger charge is -2.26. The van der Waals surface area contributed by atoms with Crippen molar-refractivity contribution in [1.29, 1.82) is 0 Å². The Labute approximate surface area is 134 Å². The Balaban J connectivity index is 3.02. The molecular weight excluding hydrogens is 335 g/mol. The number of carbonyl (C=O) groups is 1. The third kappa shape index (κ3) is 4.64. The zero-order chi connectivity index (χ0) is 16.9. The average Bonchev–Trinajstić information content (AvgIpc) is 2.41. The molecule has 0 aliphatic heterocycles. The summed E-state index contributed by atoms with van der Waals surface area (Å²) >= 11 is 5.88. The van der Waals surface area contributed by atoms with E-state index >= 15 is 0 Å². The van der Waals surface area contributed by atoms with Gasteiger partial charge in [-0.05, 0) is 18.6 Å². The van der Waals surface area contributed by atoms with Crippen LogP contribution in [0.3, 0.4) is 0 Å². The van der Waals surface area contributed by atoms with Gasteiger partial charge in [0.25, 0.3) is 10.2 Å². The molecule has 22 heavy (non-hydrogen) atoms. The van der Waals surface area contributed by atoms with E-state index in [0.29, 0.717) is 6.42 Å². The molecule has 9 heteroatoms. The van der Waals surface area contributed by atoms with E-state index in [1.807, 2.05) is 0 Å². The second-order valence-corrected chi connectivity index (χ2v) is 7.13. The van der Waals surface area contributed by atoms with Gasteiger partial charge in [0.2, 0.25) is 0 Å². The van der Waals surface area contributed by atoms with E-state index in [1.165, 1.54) is 25.2 Å². The van der Waals surface area contributed by atoms with Crippen molar-refractivity contribution in [3.8, 4) is 0 Å². The van der Waals surface area contributed by atoms with Crippen molar-refractivity contribution >= 4 is 27.8 Å². The minimum absolute atomic E-state index is 0.0435. The van der Waals surface area contributed by atoms with Gasteiger partial charge in [-0.1, -0.05) is 24.6 Å². The average molecular weight is 353 g/mol. The molecule has 0 amide bonds. The summed E-state index contributed by atoms with van der Waals surface area (Å²) in [6.07, 6.45) is 0.459. The highest BCUT2D eigenvalue weighted by Gasteiger charge is 2.29. The molecule has 0 aromatic heterocycles. The normalized spacial score (nSPS) is 12.1. The number of benzene rings is 1. The molecule has 0 aliphatic carbocycles. The SMILES string of the molecule is CCCN(CC(=O)O)S(=O)(=O)N(C)Cc1c(F)cccc1Cl. The summed E-state index contributed by atoms with van der Waals surface area (Å²) in [5.41, 5.74) is 0.0435. The van der Waals surface area contributed by atoms with Crippen molar-refractivity contribution in [2.75, 3.05) is 20.1 Å². The first-order valence-electron chi connectivity index (χ1n) is 6.56. The second-order valence-electron chi connectivity index (χ2n) is 4.69. The molecule has 124 valence electrons. The first-order valence-corrected chi connectivity index (χ1v) is 8.33. The van der Waals surface area contributed by atoms with Crippen LogP contribution in [0.15, 0.2) is 18.2 Å². The Hall–Kier alpha value is -1.22. The van der Waals surface area contributed by atoms with Crippen molar-refractivity contribution in [1.82, 2.24) is 8.61 Å². The van der Waals surface area contributed by atoms with Gasteiger partial charge >= 0.3 is 5.97 Å². The maximum Gasteiger partial charge on any atom is 0.318 e.